The van der Waals surface area contributed by atoms with Crippen molar-refractivity contribution in [1.82, 2.24) is 9.88 Å². The summed E-state index contributed by atoms with van der Waals surface area (Å²) >= 11 is 3.04. The molecule has 0 aliphatic heterocycles. The van der Waals surface area contributed by atoms with Gasteiger partial charge in [0, 0.05) is 23.8 Å². The largest absolute Gasteiger partial charge is 0.304 e. The van der Waals surface area contributed by atoms with Crippen LogP contribution in [0.4, 0.5) is 0 Å². The van der Waals surface area contributed by atoms with E-state index in [-0.39, 0.29) is 11.5 Å². The van der Waals surface area contributed by atoms with Gasteiger partial charge in [-0.25, -0.2) is 4.98 Å². The third-order valence-corrected chi connectivity index (χ3v) is 4.35. The van der Waals surface area contributed by atoms with E-state index in [4.69, 9.17) is 0 Å². The maximum Gasteiger partial charge on any atom is 0.250 e. The van der Waals surface area contributed by atoms with Gasteiger partial charge in [-0.05, 0) is 38.9 Å². The first-order valence-electron chi connectivity index (χ1n) is 6.94. The van der Waals surface area contributed by atoms with E-state index in [9.17, 15) is 10.1 Å². The minimum atomic E-state index is -0.343. The molecule has 0 aliphatic carbocycles. The van der Waals surface area contributed by atoms with E-state index in [1.807, 2.05) is 38.6 Å². The van der Waals surface area contributed by atoms with Crippen molar-refractivity contribution < 1.29 is 4.92 Å². The Labute approximate surface area is 139 Å². The van der Waals surface area contributed by atoms with Crippen LogP contribution in [0.25, 0.3) is 0 Å². The molecule has 0 aromatic carbocycles. The lowest BCUT2D eigenvalue weighted by Gasteiger charge is -2.09. The van der Waals surface area contributed by atoms with Crippen LogP contribution in [-0.2, 0) is 6.54 Å². The van der Waals surface area contributed by atoms with E-state index in [2.05, 4.69) is 14.9 Å². The minimum absolute atomic E-state index is 0.178. The molecule has 1 aromatic heterocycles. The van der Waals surface area contributed by atoms with Crippen LogP contribution >= 0.6 is 23.5 Å². The molecule has 0 atom stereocenters. The molecule has 0 aliphatic rings. The fraction of sp³-hybridized carbons (Fsp3) is 0.571. The second-order valence-corrected chi connectivity index (χ2v) is 6.87. The molecular weight excluding hydrogens is 320 g/mol. The predicted molar refractivity (Wildman–Crippen MR) is 94.6 cm³/mol. The van der Waals surface area contributed by atoms with E-state index >= 15 is 0 Å². The maximum absolute atomic E-state index is 10.4. The summed E-state index contributed by atoms with van der Waals surface area (Å²) in [5.74, 6) is 0.905. The molecule has 0 saturated heterocycles. The zero-order valence-corrected chi connectivity index (χ0v) is 14.8. The van der Waals surface area contributed by atoms with Crippen molar-refractivity contribution in [3.8, 4) is 0 Å². The summed E-state index contributed by atoms with van der Waals surface area (Å²) in [6, 6.07) is 6.05. The molecule has 1 heterocycles. The lowest BCUT2D eigenvalue weighted by molar-refractivity contribution is -0.462. The van der Waals surface area contributed by atoms with Gasteiger partial charge in [0.2, 0.25) is 0 Å². The Balaban J connectivity index is 2.35. The van der Waals surface area contributed by atoms with Gasteiger partial charge in [0.15, 0.2) is 0 Å². The monoisotopic (exact) mass is 342 g/mol. The van der Waals surface area contributed by atoms with Gasteiger partial charge in [0.1, 0.15) is 5.04 Å². The van der Waals surface area contributed by atoms with Crippen LogP contribution in [0.15, 0.2) is 28.2 Å². The molecule has 0 bridgehead atoms. The number of nitrogens with zero attached hydrogens (tertiary/aromatic N) is 4. The molecule has 0 amide bonds. The summed E-state index contributed by atoms with van der Waals surface area (Å²) in [5.41, 5.74) is 1.06. The van der Waals surface area contributed by atoms with Crippen molar-refractivity contribution in [2.24, 2.45) is 4.99 Å². The molecule has 0 saturated carbocycles. The van der Waals surface area contributed by atoms with E-state index in [0.29, 0.717) is 11.6 Å². The average Bonchev–Trinajstić information content (AvgIpc) is 2.45. The summed E-state index contributed by atoms with van der Waals surface area (Å²) in [7, 11) is 4.04. The van der Waals surface area contributed by atoms with Crippen molar-refractivity contribution in [2.45, 2.75) is 18.0 Å². The molecular formula is C14H22N4O2S2. The third-order valence-electron chi connectivity index (χ3n) is 2.60. The topological polar surface area (TPSA) is 71.6 Å². The first-order chi connectivity index (χ1) is 10.5. The van der Waals surface area contributed by atoms with Crippen LogP contribution in [0.1, 0.15) is 12.1 Å². The quantitative estimate of drug-likeness (QED) is 0.172. The third kappa shape index (κ3) is 8.35. The Morgan fingerprint density at radius 2 is 2.23 bits per heavy atom. The van der Waals surface area contributed by atoms with Crippen molar-refractivity contribution in [3.63, 3.8) is 0 Å². The van der Waals surface area contributed by atoms with Gasteiger partial charge in [-0.15, -0.1) is 23.5 Å². The number of pyridine rings is 1. The van der Waals surface area contributed by atoms with Crippen LogP contribution in [-0.4, -0.2) is 59.0 Å². The van der Waals surface area contributed by atoms with Gasteiger partial charge in [0.05, 0.1) is 10.7 Å². The van der Waals surface area contributed by atoms with Gasteiger partial charge in [-0.2, -0.15) is 0 Å². The number of thioether (sulfide) groups is 2. The average molecular weight is 342 g/mol. The SMILES string of the molecule is CSC(C[N+](=O)[O-])=NCCCSc1cccc(CN(C)C)n1. The molecule has 122 valence electrons. The number of rotatable bonds is 9. The molecule has 0 spiro atoms. The van der Waals surface area contributed by atoms with Gasteiger partial charge in [-0.3, -0.25) is 15.1 Å². The molecule has 0 unspecified atom stereocenters. The Morgan fingerprint density at radius 3 is 2.86 bits per heavy atom. The summed E-state index contributed by atoms with van der Waals surface area (Å²) in [5, 5.41) is 12.0. The Morgan fingerprint density at radius 1 is 1.45 bits per heavy atom. The fourth-order valence-electron chi connectivity index (χ4n) is 1.68. The van der Waals surface area contributed by atoms with Crippen LogP contribution in [0, 0.1) is 10.1 Å². The van der Waals surface area contributed by atoms with E-state index in [0.717, 1.165) is 29.4 Å². The second-order valence-electron chi connectivity index (χ2n) is 4.88. The highest BCUT2D eigenvalue weighted by Gasteiger charge is 2.05. The molecule has 0 N–H and O–H groups in total. The van der Waals surface area contributed by atoms with E-state index < -0.39 is 0 Å². The Bertz CT molecular complexity index is 509. The Kier molecular flexibility index (Phi) is 9.10. The van der Waals surface area contributed by atoms with Crippen LogP contribution in [0.5, 0.6) is 0 Å². The molecule has 0 radical (unpaired) electrons. The lowest BCUT2D eigenvalue weighted by Crippen LogP contribution is -2.11. The molecule has 1 aromatic rings. The van der Waals surface area contributed by atoms with Gasteiger partial charge in [0.25, 0.3) is 6.54 Å². The normalized spacial score (nSPS) is 11.9. The highest BCUT2D eigenvalue weighted by atomic mass is 32.2. The van der Waals surface area contributed by atoms with Crippen molar-refractivity contribution in [3.05, 3.63) is 34.0 Å². The van der Waals surface area contributed by atoms with Crippen molar-refractivity contribution in [2.75, 3.05) is 39.2 Å². The standard InChI is InChI=1S/C14H22N4O2S2/c1-17(2)10-12-6-4-7-13(16-12)22-9-5-8-15-14(21-3)11-18(19)20/h4,6-7H,5,8-11H2,1-3H3. The van der Waals surface area contributed by atoms with Crippen molar-refractivity contribution >= 4 is 28.6 Å². The van der Waals surface area contributed by atoms with Crippen LogP contribution < -0.4 is 0 Å². The molecule has 1 rings (SSSR count). The zero-order valence-electron chi connectivity index (χ0n) is 13.2. The number of hydrogen-bond acceptors (Lipinski definition) is 7. The smallest absolute Gasteiger partial charge is 0.250 e. The van der Waals surface area contributed by atoms with Crippen LogP contribution in [0.3, 0.4) is 0 Å². The highest BCUT2D eigenvalue weighted by Crippen LogP contribution is 2.17. The van der Waals surface area contributed by atoms with E-state index in [1.165, 1.54) is 11.8 Å². The van der Waals surface area contributed by atoms with Gasteiger partial charge >= 0.3 is 0 Å². The number of aliphatic imine (C=N–C) groups is 1. The molecule has 22 heavy (non-hydrogen) atoms. The molecule has 0 fully saturated rings. The number of hydrogen-bond donors (Lipinski definition) is 0. The van der Waals surface area contributed by atoms with Crippen molar-refractivity contribution in [1.29, 1.82) is 0 Å². The Hall–Kier alpha value is -1.12. The zero-order chi connectivity index (χ0) is 16.4. The maximum atomic E-state index is 10.4. The van der Waals surface area contributed by atoms with Crippen LogP contribution in [0.2, 0.25) is 0 Å². The van der Waals surface area contributed by atoms with E-state index in [1.54, 1.807) is 11.8 Å². The summed E-state index contributed by atoms with van der Waals surface area (Å²) < 4.78 is 0. The summed E-state index contributed by atoms with van der Waals surface area (Å²) in [4.78, 5) is 21.1. The number of aromatic nitrogens is 1. The fourth-order valence-corrected chi connectivity index (χ4v) is 2.98. The second kappa shape index (κ2) is 10.6. The van der Waals surface area contributed by atoms with Gasteiger partial charge in [-0.1, -0.05) is 6.07 Å². The highest BCUT2D eigenvalue weighted by molar-refractivity contribution is 8.13. The van der Waals surface area contributed by atoms with Gasteiger partial charge < -0.3 is 4.90 Å². The predicted octanol–water partition coefficient (Wildman–Crippen LogP) is 2.66. The summed E-state index contributed by atoms with van der Waals surface area (Å²) in [6.07, 6.45) is 2.70. The minimum Gasteiger partial charge on any atom is -0.304 e. The lowest BCUT2D eigenvalue weighted by atomic mass is 10.3. The molecule has 6 nitrogen and oxygen atoms in total. The first-order valence-corrected chi connectivity index (χ1v) is 9.15. The summed E-state index contributed by atoms with van der Waals surface area (Å²) in [6.45, 7) is 1.27. The first kappa shape index (κ1) is 18.9. The number of nitro groups is 1. The molecule has 8 heteroatoms.